The van der Waals surface area contributed by atoms with Gasteiger partial charge in [0.1, 0.15) is 0 Å². The SMILES string of the molecule is C=CN(C=O)CCC(=O)N(O)CCNCCN(O)C(=O)CCN(C=C)C=O. The van der Waals surface area contributed by atoms with Gasteiger partial charge in [0.05, 0.1) is 13.1 Å². The van der Waals surface area contributed by atoms with E-state index >= 15 is 0 Å². The zero-order chi connectivity index (χ0) is 20.7. The Morgan fingerprint density at radius 2 is 1.15 bits per heavy atom. The highest BCUT2D eigenvalue weighted by Gasteiger charge is 2.13. The monoisotopic (exact) mass is 385 g/mol. The summed E-state index contributed by atoms with van der Waals surface area (Å²) in [5.41, 5.74) is 0. The van der Waals surface area contributed by atoms with Crippen molar-refractivity contribution in [2.75, 3.05) is 39.3 Å². The minimum Gasteiger partial charge on any atom is -0.322 e. The van der Waals surface area contributed by atoms with Crippen molar-refractivity contribution >= 4 is 24.6 Å². The van der Waals surface area contributed by atoms with Crippen molar-refractivity contribution in [2.45, 2.75) is 12.8 Å². The summed E-state index contributed by atoms with van der Waals surface area (Å²) in [7, 11) is 0. The maximum atomic E-state index is 11.7. The van der Waals surface area contributed by atoms with E-state index in [2.05, 4.69) is 18.5 Å². The van der Waals surface area contributed by atoms with E-state index in [9.17, 15) is 29.6 Å². The lowest BCUT2D eigenvalue weighted by Crippen LogP contribution is -2.39. The van der Waals surface area contributed by atoms with Crippen molar-refractivity contribution in [2.24, 2.45) is 0 Å². The molecule has 11 nitrogen and oxygen atoms in total. The lowest BCUT2D eigenvalue weighted by molar-refractivity contribution is -0.166. The summed E-state index contributed by atoms with van der Waals surface area (Å²) >= 11 is 0. The predicted molar refractivity (Wildman–Crippen MR) is 95.0 cm³/mol. The largest absolute Gasteiger partial charge is 0.322 e. The molecular weight excluding hydrogens is 358 g/mol. The fourth-order valence-corrected chi connectivity index (χ4v) is 1.83. The van der Waals surface area contributed by atoms with Gasteiger partial charge >= 0.3 is 0 Å². The number of nitrogens with zero attached hydrogens (tertiary/aromatic N) is 4. The molecule has 0 fully saturated rings. The van der Waals surface area contributed by atoms with Gasteiger partial charge in [-0.1, -0.05) is 13.2 Å². The average molecular weight is 385 g/mol. The summed E-state index contributed by atoms with van der Waals surface area (Å²) in [6, 6.07) is 0. The predicted octanol–water partition coefficient (Wildman–Crippen LogP) is -1.00. The molecule has 0 aromatic rings. The molecule has 0 saturated carbocycles. The quantitative estimate of drug-likeness (QED) is 0.134. The molecule has 0 rings (SSSR count). The topological polar surface area (TPSA) is 134 Å². The second-order valence-corrected chi connectivity index (χ2v) is 5.34. The number of carbonyl (C=O) groups excluding carboxylic acids is 4. The third-order valence-corrected chi connectivity index (χ3v) is 3.48. The van der Waals surface area contributed by atoms with Gasteiger partial charge in [-0.15, -0.1) is 0 Å². The van der Waals surface area contributed by atoms with Crippen molar-refractivity contribution in [3.63, 3.8) is 0 Å². The number of rotatable bonds is 16. The third-order valence-electron chi connectivity index (χ3n) is 3.48. The first kappa shape index (κ1) is 24.2. The number of hydrogen-bond donors (Lipinski definition) is 3. The van der Waals surface area contributed by atoms with Crippen LogP contribution in [0.25, 0.3) is 0 Å². The van der Waals surface area contributed by atoms with Gasteiger partial charge in [0, 0.05) is 39.0 Å². The van der Waals surface area contributed by atoms with Crippen molar-refractivity contribution < 1.29 is 29.6 Å². The molecule has 0 aliphatic carbocycles. The number of nitrogens with one attached hydrogen (secondary N) is 1. The van der Waals surface area contributed by atoms with Crippen LogP contribution in [0.1, 0.15) is 12.8 Å². The van der Waals surface area contributed by atoms with Crippen molar-refractivity contribution in [3.05, 3.63) is 25.6 Å². The first-order chi connectivity index (χ1) is 12.9. The summed E-state index contributed by atoms with van der Waals surface area (Å²) in [6.07, 6.45) is 3.50. The molecule has 3 N–H and O–H groups in total. The Kier molecular flexibility index (Phi) is 12.9. The van der Waals surface area contributed by atoms with Crippen LogP contribution in [0, 0.1) is 0 Å². The zero-order valence-corrected chi connectivity index (χ0v) is 15.2. The van der Waals surface area contributed by atoms with E-state index in [1.807, 2.05) is 0 Å². The molecule has 0 aliphatic rings. The Balaban J connectivity index is 3.90. The van der Waals surface area contributed by atoms with Crippen LogP contribution in [-0.4, -0.2) is 94.2 Å². The summed E-state index contributed by atoms with van der Waals surface area (Å²) in [5.74, 6) is -1.10. The third kappa shape index (κ3) is 10.7. The smallest absolute Gasteiger partial charge is 0.247 e. The fourth-order valence-electron chi connectivity index (χ4n) is 1.83. The summed E-state index contributed by atoms with van der Waals surface area (Å²) < 4.78 is 0. The highest BCUT2D eigenvalue weighted by Crippen LogP contribution is 1.95. The van der Waals surface area contributed by atoms with Crippen molar-refractivity contribution in [1.29, 1.82) is 0 Å². The van der Waals surface area contributed by atoms with Crippen molar-refractivity contribution in [1.82, 2.24) is 25.2 Å². The van der Waals surface area contributed by atoms with Gasteiger partial charge < -0.3 is 15.1 Å². The van der Waals surface area contributed by atoms with E-state index in [0.717, 1.165) is 0 Å². The number of amides is 4. The van der Waals surface area contributed by atoms with Crippen LogP contribution in [-0.2, 0) is 19.2 Å². The molecule has 0 bridgehead atoms. The second-order valence-electron chi connectivity index (χ2n) is 5.34. The molecule has 0 spiro atoms. The van der Waals surface area contributed by atoms with E-state index in [0.29, 0.717) is 22.9 Å². The molecule has 0 atom stereocenters. The van der Waals surface area contributed by atoms with Gasteiger partial charge in [0.2, 0.25) is 24.6 Å². The Labute approximate surface area is 158 Å². The molecule has 0 unspecified atom stereocenters. The van der Waals surface area contributed by atoms with Crippen LogP contribution < -0.4 is 5.32 Å². The van der Waals surface area contributed by atoms with E-state index in [1.165, 1.54) is 22.2 Å². The summed E-state index contributed by atoms with van der Waals surface area (Å²) in [4.78, 5) is 46.8. The lowest BCUT2D eigenvalue weighted by atomic mass is 10.3. The molecule has 27 heavy (non-hydrogen) atoms. The minimum absolute atomic E-state index is 0.00101. The molecular formula is C16H27N5O6. The second kappa shape index (κ2) is 14.4. The van der Waals surface area contributed by atoms with Gasteiger partial charge in [-0.2, -0.15) is 0 Å². The highest BCUT2D eigenvalue weighted by atomic mass is 16.5. The summed E-state index contributed by atoms with van der Waals surface area (Å²) in [5, 5.41) is 23.1. The number of hydroxylamine groups is 4. The molecule has 0 saturated heterocycles. The molecule has 152 valence electrons. The first-order valence-corrected chi connectivity index (χ1v) is 8.26. The Bertz CT molecular complexity index is 456. The molecule has 4 amide bonds. The fraction of sp³-hybridized carbons (Fsp3) is 0.500. The molecule has 0 aromatic heterocycles. The van der Waals surface area contributed by atoms with E-state index in [1.54, 1.807) is 0 Å². The molecule has 0 radical (unpaired) electrons. The Hall–Kier alpha value is -2.76. The minimum atomic E-state index is -0.550. The maximum Gasteiger partial charge on any atom is 0.247 e. The van der Waals surface area contributed by atoms with E-state index in [4.69, 9.17) is 0 Å². The standard InChI is InChI=1S/C16H27N5O6/c1-3-18(13-22)9-5-15(24)20(26)11-7-17-8-12-21(27)16(25)6-10-19(4-2)14-23/h3-4,13-14,17,26-27H,1-2,5-12H2. The van der Waals surface area contributed by atoms with Crippen LogP contribution in [0.3, 0.4) is 0 Å². The van der Waals surface area contributed by atoms with E-state index < -0.39 is 11.8 Å². The Morgan fingerprint density at radius 3 is 1.44 bits per heavy atom. The van der Waals surface area contributed by atoms with Gasteiger partial charge in [0.25, 0.3) is 0 Å². The van der Waals surface area contributed by atoms with Crippen LogP contribution >= 0.6 is 0 Å². The van der Waals surface area contributed by atoms with Crippen molar-refractivity contribution in [3.8, 4) is 0 Å². The van der Waals surface area contributed by atoms with Gasteiger partial charge in [-0.25, -0.2) is 10.1 Å². The zero-order valence-electron chi connectivity index (χ0n) is 15.2. The average Bonchev–Trinajstić information content (AvgIpc) is 2.68. The molecule has 0 aliphatic heterocycles. The van der Waals surface area contributed by atoms with Gasteiger partial charge in [-0.05, 0) is 12.4 Å². The van der Waals surface area contributed by atoms with Crippen LogP contribution in [0.5, 0.6) is 0 Å². The number of hydrogen-bond acceptors (Lipinski definition) is 7. The Morgan fingerprint density at radius 1 is 0.778 bits per heavy atom. The highest BCUT2D eigenvalue weighted by molar-refractivity contribution is 5.75. The summed E-state index contributed by atoms with van der Waals surface area (Å²) in [6.45, 7) is 7.52. The van der Waals surface area contributed by atoms with Gasteiger partial charge in [-0.3, -0.25) is 29.6 Å². The molecule has 0 heterocycles. The number of carbonyl (C=O) groups is 4. The normalized spacial score (nSPS) is 9.85. The first-order valence-electron chi connectivity index (χ1n) is 8.26. The van der Waals surface area contributed by atoms with E-state index in [-0.39, 0.29) is 52.1 Å². The van der Waals surface area contributed by atoms with Crippen LogP contribution in [0.2, 0.25) is 0 Å². The molecule has 0 aromatic carbocycles. The lowest BCUT2D eigenvalue weighted by Gasteiger charge is -2.19. The molecule has 11 heteroatoms. The maximum absolute atomic E-state index is 11.7. The van der Waals surface area contributed by atoms with Crippen LogP contribution in [0.15, 0.2) is 25.6 Å². The van der Waals surface area contributed by atoms with Crippen LogP contribution in [0.4, 0.5) is 0 Å². The van der Waals surface area contributed by atoms with Gasteiger partial charge in [0.15, 0.2) is 0 Å².